The standard InChI is InChI=1S/C20H28O4/c1-4-5-6-12-20(19(22)23-3)13-8-11-17(20)24-18(21)16-10-7-9-15(2)14-16/h7,9-10,14,17H,4-6,8,11-13H2,1-3H3. The number of carbonyl (C=O) groups excluding carboxylic acids is 2. The molecule has 2 rings (SSSR count). The van der Waals surface area contributed by atoms with E-state index in [1.807, 2.05) is 25.1 Å². The van der Waals surface area contributed by atoms with Crippen molar-refractivity contribution in [2.75, 3.05) is 7.11 Å². The molecule has 1 saturated carbocycles. The second-order valence-corrected chi connectivity index (χ2v) is 6.76. The number of aryl methyl sites for hydroxylation is 1. The van der Waals surface area contributed by atoms with Gasteiger partial charge in [0.1, 0.15) is 11.5 Å². The SMILES string of the molecule is CCCCCC1(C(=O)OC)CCCC1OC(=O)c1cccc(C)c1. The first-order chi connectivity index (χ1) is 11.5. The van der Waals surface area contributed by atoms with E-state index in [2.05, 4.69) is 6.92 Å². The maximum atomic E-state index is 12.5. The van der Waals surface area contributed by atoms with Crippen LogP contribution in [0.3, 0.4) is 0 Å². The smallest absolute Gasteiger partial charge is 0.338 e. The molecule has 0 N–H and O–H groups in total. The largest absolute Gasteiger partial charge is 0.468 e. The number of carbonyl (C=O) groups is 2. The average molecular weight is 332 g/mol. The lowest BCUT2D eigenvalue weighted by Gasteiger charge is -2.32. The molecule has 0 heterocycles. The van der Waals surface area contributed by atoms with Gasteiger partial charge in [-0.25, -0.2) is 4.79 Å². The fraction of sp³-hybridized carbons (Fsp3) is 0.600. The maximum Gasteiger partial charge on any atom is 0.338 e. The molecule has 1 aromatic rings. The van der Waals surface area contributed by atoms with Crippen molar-refractivity contribution >= 4 is 11.9 Å². The van der Waals surface area contributed by atoms with Crippen molar-refractivity contribution in [3.63, 3.8) is 0 Å². The summed E-state index contributed by atoms with van der Waals surface area (Å²) in [5, 5.41) is 0. The van der Waals surface area contributed by atoms with Crippen molar-refractivity contribution in [3.8, 4) is 0 Å². The molecule has 1 aliphatic rings. The summed E-state index contributed by atoms with van der Waals surface area (Å²) in [5.41, 5.74) is 0.871. The second-order valence-electron chi connectivity index (χ2n) is 6.76. The van der Waals surface area contributed by atoms with Gasteiger partial charge in [0.2, 0.25) is 0 Å². The normalized spacial score (nSPS) is 23.0. The summed E-state index contributed by atoms with van der Waals surface area (Å²) in [7, 11) is 1.42. The van der Waals surface area contributed by atoms with Gasteiger partial charge >= 0.3 is 11.9 Å². The molecule has 0 aliphatic heterocycles. The number of ether oxygens (including phenoxy) is 2. The number of esters is 2. The van der Waals surface area contributed by atoms with E-state index in [-0.39, 0.29) is 11.9 Å². The van der Waals surface area contributed by atoms with Gasteiger partial charge in [-0.1, -0.05) is 43.9 Å². The molecule has 1 fully saturated rings. The molecule has 1 aliphatic carbocycles. The van der Waals surface area contributed by atoms with Gasteiger partial charge in [-0.05, 0) is 44.7 Å². The molecule has 0 amide bonds. The van der Waals surface area contributed by atoms with Crippen LogP contribution < -0.4 is 0 Å². The molecule has 4 nitrogen and oxygen atoms in total. The van der Waals surface area contributed by atoms with Gasteiger partial charge < -0.3 is 9.47 Å². The lowest BCUT2D eigenvalue weighted by molar-refractivity contribution is -0.159. The Morgan fingerprint density at radius 3 is 2.75 bits per heavy atom. The Labute approximate surface area is 144 Å². The van der Waals surface area contributed by atoms with E-state index in [9.17, 15) is 9.59 Å². The Morgan fingerprint density at radius 1 is 1.29 bits per heavy atom. The van der Waals surface area contributed by atoms with Crippen LogP contribution in [0.2, 0.25) is 0 Å². The molecule has 0 radical (unpaired) electrons. The van der Waals surface area contributed by atoms with Gasteiger partial charge in [0.05, 0.1) is 12.7 Å². The van der Waals surface area contributed by atoms with Gasteiger partial charge in [0.15, 0.2) is 0 Å². The Bertz CT molecular complexity index is 581. The summed E-state index contributed by atoms with van der Waals surface area (Å²) in [4.78, 5) is 25.0. The molecule has 4 heteroatoms. The summed E-state index contributed by atoms with van der Waals surface area (Å²) >= 11 is 0. The molecule has 132 valence electrons. The molecule has 0 saturated heterocycles. The monoisotopic (exact) mass is 332 g/mol. The van der Waals surface area contributed by atoms with Gasteiger partial charge in [0, 0.05) is 0 Å². The van der Waals surface area contributed by atoms with E-state index in [0.717, 1.165) is 50.5 Å². The zero-order valence-electron chi connectivity index (χ0n) is 15.0. The predicted octanol–water partition coefficient (Wildman–Crippen LogP) is 4.44. The van der Waals surface area contributed by atoms with Crippen molar-refractivity contribution in [2.24, 2.45) is 5.41 Å². The first-order valence-corrected chi connectivity index (χ1v) is 8.89. The number of methoxy groups -OCH3 is 1. The fourth-order valence-electron chi connectivity index (χ4n) is 3.70. The van der Waals surface area contributed by atoms with Gasteiger partial charge in [-0.15, -0.1) is 0 Å². The average Bonchev–Trinajstić information content (AvgIpc) is 2.98. The number of hydrogen-bond donors (Lipinski definition) is 0. The highest BCUT2D eigenvalue weighted by Crippen LogP contribution is 2.45. The van der Waals surface area contributed by atoms with E-state index in [4.69, 9.17) is 9.47 Å². The number of unbranched alkanes of at least 4 members (excludes halogenated alkanes) is 2. The molecule has 2 atom stereocenters. The third kappa shape index (κ3) is 3.97. The van der Waals surface area contributed by atoms with E-state index >= 15 is 0 Å². The highest BCUT2D eigenvalue weighted by molar-refractivity contribution is 5.90. The third-order valence-corrected chi connectivity index (χ3v) is 5.03. The van der Waals surface area contributed by atoms with Gasteiger partial charge in [-0.3, -0.25) is 4.79 Å². The Hall–Kier alpha value is -1.84. The first-order valence-electron chi connectivity index (χ1n) is 8.89. The molecular weight excluding hydrogens is 304 g/mol. The lowest BCUT2D eigenvalue weighted by atomic mass is 9.79. The van der Waals surface area contributed by atoms with Crippen molar-refractivity contribution in [1.29, 1.82) is 0 Å². The quantitative estimate of drug-likeness (QED) is 0.547. The van der Waals surface area contributed by atoms with Gasteiger partial charge in [0.25, 0.3) is 0 Å². The summed E-state index contributed by atoms with van der Waals surface area (Å²) < 4.78 is 10.9. The zero-order valence-corrected chi connectivity index (χ0v) is 15.0. The van der Waals surface area contributed by atoms with E-state index in [1.165, 1.54) is 7.11 Å². The van der Waals surface area contributed by atoms with Crippen molar-refractivity contribution in [2.45, 2.75) is 64.9 Å². The van der Waals surface area contributed by atoms with Crippen LogP contribution in [-0.4, -0.2) is 25.2 Å². The van der Waals surface area contributed by atoms with Crippen LogP contribution in [0.1, 0.15) is 67.8 Å². The summed E-state index contributed by atoms with van der Waals surface area (Å²) in [6, 6.07) is 7.35. The summed E-state index contributed by atoms with van der Waals surface area (Å²) in [6.45, 7) is 4.07. The van der Waals surface area contributed by atoms with Crippen LogP contribution in [0.4, 0.5) is 0 Å². The molecule has 24 heavy (non-hydrogen) atoms. The van der Waals surface area contributed by atoms with Crippen molar-refractivity contribution < 1.29 is 19.1 Å². The molecule has 0 spiro atoms. The van der Waals surface area contributed by atoms with Crippen LogP contribution in [0.25, 0.3) is 0 Å². The van der Waals surface area contributed by atoms with Crippen LogP contribution in [0, 0.1) is 12.3 Å². The molecule has 0 bridgehead atoms. The van der Waals surface area contributed by atoms with E-state index in [1.54, 1.807) is 6.07 Å². The Balaban J connectivity index is 2.16. The minimum absolute atomic E-state index is 0.238. The Kier molecular flexibility index (Phi) is 6.41. The van der Waals surface area contributed by atoms with E-state index in [0.29, 0.717) is 5.56 Å². The predicted molar refractivity (Wildman–Crippen MR) is 92.8 cm³/mol. The van der Waals surface area contributed by atoms with E-state index < -0.39 is 11.5 Å². The maximum absolute atomic E-state index is 12.5. The molecule has 0 aromatic heterocycles. The number of rotatable bonds is 7. The number of benzene rings is 1. The summed E-state index contributed by atoms with van der Waals surface area (Å²) in [5.74, 6) is -0.590. The first kappa shape index (κ1) is 18.5. The Morgan fingerprint density at radius 2 is 2.08 bits per heavy atom. The highest BCUT2D eigenvalue weighted by atomic mass is 16.6. The lowest BCUT2D eigenvalue weighted by Crippen LogP contribution is -2.42. The van der Waals surface area contributed by atoms with Gasteiger partial charge in [-0.2, -0.15) is 0 Å². The molecule has 2 unspecified atom stereocenters. The van der Waals surface area contributed by atoms with Crippen molar-refractivity contribution in [1.82, 2.24) is 0 Å². The minimum Gasteiger partial charge on any atom is -0.468 e. The van der Waals surface area contributed by atoms with Crippen LogP contribution in [-0.2, 0) is 14.3 Å². The topological polar surface area (TPSA) is 52.6 Å². The second kappa shape index (κ2) is 8.32. The highest BCUT2D eigenvalue weighted by Gasteiger charge is 2.51. The minimum atomic E-state index is -0.677. The zero-order chi connectivity index (χ0) is 17.6. The number of hydrogen-bond acceptors (Lipinski definition) is 4. The van der Waals surface area contributed by atoms with Crippen molar-refractivity contribution in [3.05, 3.63) is 35.4 Å². The fourth-order valence-corrected chi connectivity index (χ4v) is 3.70. The van der Waals surface area contributed by atoms with Crippen LogP contribution in [0.5, 0.6) is 0 Å². The van der Waals surface area contributed by atoms with Crippen LogP contribution in [0.15, 0.2) is 24.3 Å². The molecular formula is C20H28O4. The third-order valence-electron chi connectivity index (χ3n) is 5.03. The molecule has 1 aromatic carbocycles. The summed E-state index contributed by atoms with van der Waals surface area (Å²) in [6.07, 6.45) is 5.77. The van der Waals surface area contributed by atoms with Crippen LogP contribution >= 0.6 is 0 Å².